The summed E-state index contributed by atoms with van der Waals surface area (Å²) in [5.41, 5.74) is 0. The summed E-state index contributed by atoms with van der Waals surface area (Å²) < 4.78 is 10.2. The Labute approximate surface area is 78.7 Å². The molecule has 3 heteroatoms. The lowest BCUT2D eigenvalue weighted by Gasteiger charge is -2.18. The van der Waals surface area contributed by atoms with Crippen LogP contribution in [0, 0.1) is 0 Å². The van der Waals surface area contributed by atoms with Crippen LogP contribution in [0.3, 0.4) is 0 Å². The number of esters is 1. The third-order valence-electron chi connectivity index (χ3n) is 1.95. The molecule has 74 valence electrons. The van der Waals surface area contributed by atoms with E-state index in [0.29, 0.717) is 6.61 Å². The van der Waals surface area contributed by atoms with Crippen LogP contribution in [0.25, 0.3) is 0 Å². The summed E-state index contributed by atoms with van der Waals surface area (Å²) in [6.07, 6.45) is 6.67. The molecule has 1 heterocycles. The summed E-state index contributed by atoms with van der Waals surface area (Å²) in [5.74, 6) is -0.281. The van der Waals surface area contributed by atoms with Crippen LogP contribution in [0.4, 0.5) is 0 Å². The molecule has 3 nitrogen and oxygen atoms in total. The zero-order valence-electron chi connectivity index (χ0n) is 7.99. The van der Waals surface area contributed by atoms with Crippen molar-refractivity contribution in [2.24, 2.45) is 0 Å². The molecule has 0 saturated carbocycles. The van der Waals surface area contributed by atoms with Gasteiger partial charge in [-0.1, -0.05) is 0 Å². The van der Waals surface area contributed by atoms with Gasteiger partial charge in [-0.25, -0.2) is 4.79 Å². The Bertz CT molecular complexity index is 181. The van der Waals surface area contributed by atoms with E-state index in [4.69, 9.17) is 9.47 Å². The van der Waals surface area contributed by atoms with Crippen LogP contribution in [0.2, 0.25) is 0 Å². The molecule has 0 N–H and O–H groups in total. The average molecular weight is 184 g/mol. The third-order valence-corrected chi connectivity index (χ3v) is 1.95. The highest BCUT2D eigenvalue weighted by Gasteiger charge is 2.10. The van der Waals surface area contributed by atoms with Gasteiger partial charge in [-0.2, -0.15) is 0 Å². The molecule has 13 heavy (non-hydrogen) atoms. The van der Waals surface area contributed by atoms with Crippen molar-refractivity contribution in [2.45, 2.75) is 32.3 Å². The van der Waals surface area contributed by atoms with Crippen molar-refractivity contribution < 1.29 is 14.3 Å². The maximum Gasteiger partial charge on any atom is 0.330 e. The predicted octanol–water partition coefficient (Wildman–Crippen LogP) is 1.67. The first kappa shape index (κ1) is 10.3. The Morgan fingerprint density at radius 1 is 1.62 bits per heavy atom. The van der Waals surface area contributed by atoms with Crippen LogP contribution in [-0.4, -0.2) is 25.3 Å². The molecule has 1 saturated heterocycles. The summed E-state index contributed by atoms with van der Waals surface area (Å²) >= 11 is 0. The highest BCUT2D eigenvalue weighted by atomic mass is 16.5. The molecule has 1 aliphatic heterocycles. The highest BCUT2D eigenvalue weighted by molar-refractivity contribution is 5.81. The van der Waals surface area contributed by atoms with Gasteiger partial charge >= 0.3 is 5.97 Å². The Kier molecular flexibility index (Phi) is 4.54. The Morgan fingerprint density at radius 2 is 2.46 bits per heavy atom. The van der Waals surface area contributed by atoms with Gasteiger partial charge in [0, 0.05) is 12.7 Å². The summed E-state index contributed by atoms with van der Waals surface area (Å²) in [6, 6.07) is 0. The minimum absolute atomic E-state index is 0.109. The zero-order valence-corrected chi connectivity index (χ0v) is 7.99. The van der Waals surface area contributed by atoms with Gasteiger partial charge < -0.3 is 9.47 Å². The van der Waals surface area contributed by atoms with E-state index in [1.165, 1.54) is 12.5 Å². The number of carbonyl (C=O) groups is 1. The van der Waals surface area contributed by atoms with Crippen molar-refractivity contribution in [3.8, 4) is 0 Å². The fourth-order valence-corrected chi connectivity index (χ4v) is 1.29. The van der Waals surface area contributed by atoms with Gasteiger partial charge in [0.2, 0.25) is 0 Å². The lowest BCUT2D eigenvalue weighted by atomic mass is 10.1. The van der Waals surface area contributed by atoms with Crippen molar-refractivity contribution in [2.75, 3.05) is 13.2 Å². The van der Waals surface area contributed by atoms with E-state index in [-0.39, 0.29) is 12.1 Å². The Morgan fingerprint density at radius 3 is 3.08 bits per heavy atom. The summed E-state index contributed by atoms with van der Waals surface area (Å²) in [6.45, 7) is 3.02. The molecule has 0 aromatic heterocycles. The molecule has 0 amide bonds. The van der Waals surface area contributed by atoms with Gasteiger partial charge in [0.1, 0.15) is 0 Å². The van der Waals surface area contributed by atoms with E-state index in [9.17, 15) is 4.79 Å². The van der Waals surface area contributed by atoms with E-state index < -0.39 is 0 Å². The van der Waals surface area contributed by atoms with Gasteiger partial charge in [-0.3, -0.25) is 0 Å². The first-order valence-corrected chi connectivity index (χ1v) is 4.79. The molecule has 1 fully saturated rings. The van der Waals surface area contributed by atoms with Crippen molar-refractivity contribution in [3.63, 3.8) is 0 Å². The molecule has 0 aromatic carbocycles. The number of hydrogen-bond acceptors (Lipinski definition) is 3. The normalized spacial score (nSPS) is 23.3. The average Bonchev–Trinajstić information content (AvgIpc) is 2.17. The van der Waals surface area contributed by atoms with Gasteiger partial charge in [-0.15, -0.1) is 0 Å². The Hall–Kier alpha value is -0.830. The number of carbonyl (C=O) groups excluding carboxylic acids is 1. The van der Waals surface area contributed by atoms with Gasteiger partial charge in [-0.05, 0) is 32.3 Å². The van der Waals surface area contributed by atoms with E-state index in [1.807, 2.05) is 0 Å². The highest BCUT2D eigenvalue weighted by Crippen LogP contribution is 2.13. The summed E-state index contributed by atoms with van der Waals surface area (Å²) in [5, 5.41) is 0. The second-order valence-electron chi connectivity index (χ2n) is 3.02. The number of hydrogen-bond donors (Lipinski definition) is 0. The van der Waals surface area contributed by atoms with Gasteiger partial charge in [0.05, 0.1) is 12.7 Å². The summed E-state index contributed by atoms with van der Waals surface area (Å²) in [7, 11) is 0. The molecule has 0 aliphatic carbocycles. The van der Waals surface area contributed by atoms with Crippen LogP contribution in [0.5, 0.6) is 0 Å². The second-order valence-corrected chi connectivity index (χ2v) is 3.02. The predicted molar refractivity (Wildman–Crippen MR) is 49.4 cm³/mol. The summed E-state index contributed by atoms with van der Waals surface area (Å²) in [4.78, 5) is 10.9. The zero-order chi connectivity index (χ0) is 9.52. The molecule has 0 spiro atoms. The maximum absolute atomic E-state index is 10.9. The minimum atomic E-state index is -0.281. The van der Waals surface area contributed by atoms with Crippen LogP contribution < -0.4 is 0 Å². The first-order valence-electron chi connectivity index (χ1n) is 4.79. The van der Waals surface area contributed by atoms with Gasteiger partial charge in [0.15, 0.2) is 0 Å². The van der Waals surface area contributed by atoms with E-state index >= 15 is 0 Å². The quantitative estimate of drug-likeness (QED) is 0.494. The molecule has 1 rings (SSSR count). The maximum atomic E-state index is 10.9. The molecular weight excluding hydrogens is 168 g/mol. The van der Waals surface area contributed by atoms with Crippen molar-refractivity contribution in [1.82, 2.24) is 0 Å². The van der Waals surface area contributed by atoms with E-state index in [0.717, 1.165) is 19.4 Å². The topological polar surface area (TPSA) is 35.5 Å². The fourth-order valence-electron chi connectivity index (χ4n) is 1.29. The van der Waals surface area contributed by atoms with Crippen molar-refractivity contribution in [3.05, 3.63) is 12.2 Å². The number of rotatable bonds is 3. The minimum Gasteiger partial charge on any atom is -0.463 e. The molecular formula is C10H16O3. The van der Waals surface area contributed by atoms with E-state index in [1.54, 1.807) is 13.0 Å². The third kappa shape index (κ3) is 4.08. The molecule has 0 radical (unpaired) electrons. The van der Waals surface area contributed by atoms with Gasteiger partial charge in [0.25, 0.3) is 0 Å². The standard InChI is InChI=1S/C10H16O3/c1-2-12-10(11)7-6-9-5-3-4-8-13-9/h6-7,9H,2-5,8H2,1H3/t9-/m1/s1. The molecule has 1 atom stereocenters. The molecule has 0 bridgehead atoms. The fraction of sp³-hybridized carbons (Fsp3) is 0.700. The Balaban J connectivity index is 2.24. The van der Waals surface area contributed by atoms with Crippen LogP contribution in [0.15, 0.2) is 12.2 Å². The van der Waals surface area contributed by atoms with Crippen LogP contribution in [0.1, 0.15) is 26.2 Å². The lowest BCUT2D eigenvalue weighted by Crippen LogP contribution is -2.16. The van der Waals surface area contributed by atoms with Crippen LogP contribution >= 0.6 is 0 Å². The van der Waals surface area contributed by atoms with Crippen LogP contribution in [-0.2, 0) is 14.3 Å². The molecule has 1 aliphatic rings. The largest absolute Gasteiger partial charge is 0.463 e. The van der Waals surface area contributed by atoms with Crippen molar-refractivity contribution >= 4 is 5.97 Å². The molecule has 0 unspecified atom stereocenters. The van der Waals surface area contributed by atoms with Crippen molar-refractivity contribution in [1.29, 1.82) is 0 Å². The van der Waals surface area contributed by atoms with E-state index in [2.05, 4.69) is 0 Å². The second kappa shape index (κ2) is 5.75. The smallest absolute Gasteiger partial charge is 0.330 e. The number of ether oxygens (including phenoxy) is 2. The lowest BCUT2D eigenvalue weighted by molar-refractivity contribution is -0.137. The molecule has 0 aromatic rings. The monoisotopic (exact) mass is 184 g/mol. The SMILES string of the molecule is CCOC(=O)C=C[C@H]1CCCCO1. The first-order chi connectivity index (χ1) is 6.33.